The summed E-state index contributed by atoms with van der Waals surface area (Å²) in [7, 11) is 0. The summed E-state index contributed by atoms with van der Waals surface area (Å²) in [6.45, 7) is 2.14. The molecule has 4 unspecified atom stereocenters. The molecule has 114 valence electrons. The van der Waals surface area contributed by atoms with Crippen molar-refractivity contribution in [2.75, 3.05) is 5.75 Å². The quantitative estimate of drug-likeness (QED) is 0.728. The van der Waals surface area contributed by atoms with Crippen LogP contribution in [0.25, 0.3) is 11.0 Å². The van der Waals surface area contributed by atoms with Crippen molar-refractivity contribution in [2.45, 2.75) is 24.4 Å². The molecule has 1 aromatic carbocycles. The zero-order chi connectivity index (χ0) is 15.1. The summed E-state index contributed by atoms with van der Waals surface area (Å²) in [6.07, 6.45) is 3.37. The number of hydrazine groups is 1. The van der Waals surface area contributed by atoms with Gasteiger partial charge in [0.25, 0.3) is 0 Å². The van der Waals surface area contributed by atoms with Crippen LogP contribution in [0, 0.1) is 5.92 Å². The van der Waals surface area contributed by atoms with E-state index in [-0.39, 0.29) is 29.3 Å². The minimum atomic E-state index is -0.0416. The Morgan fingerprint density at radius 2 is 2.00 bits per heavy atom. The fraction of sp³-hybridized carbons (Fsp3) is 0.400. The van der Waals surface area contributed by atoms with Crippen LogP contribution < -0.4 is 16.2 Å². The molecule has 22 heavy (non-hydrogen) atoms. The van der Waals surface area contributed by atoms with Crippen LogP contribution in [0.5, 0.6) is 0 Å². The summed E-state index contributed by atoms with van der Waals surface area (Å²) < 4.78 is 0. The Morgan fingerprint density at radius 1 is 1.18 bits per heavy atom. The van der Waals surface area contributed by atoms with Gasteiger partial charge < -0.3 is 5.32 Å². The maximum atomic E-state index is 11.9. The Kier molecular flexibility index (Phi) is 3.48. The van der Waals surface area contributed by atoms with E-state index in [1.54, 1.807) is 24.2 Å². The van der Waals surface area contributed by atoms with Crippen LogP contribution in [-0.4, -0.2) is 33.8 Å². The summed E-state index contributed by atoms with van der Waals surface area (Å²) in [5.41, 5.74) is 9.42. The van der Waals surface area contributed by atoms with E-state index >= 15 is 0 Å². The first-order valence-corrected chi connectivity index (χ1v) is 8.40. The molecule has 1 aromatic heterocycles. The van der Waals surface area contributed by atoms with Gasteiger partial charge >= 0.3 is 0 Å². The number of carbonyl (C=O) groups excluding carboxylic acids is 1. The smallest absolute Gasteiger partial charge is 0.231 e. The number of rotatable bonds is 1. The molecule has 6 nitrogen and oxygen atoms in total. The van der Waals surface area contributed by atoms with Crippen LogP contribution in [-0.2, 0) is 4.79 Å². The minimum absolute atomic E-state index is 0.0416. The first-order valence-electron chi connectivity index (χ1n) is 7.35. The fourth-order valence-corrected chi connectivity index (χ4v) is 4.61. The number of hydrogen-bond donors (Lipinski definition) is 3. The zero-order valence-corrected chi connectivity index (χ0v) is 12.9. The number of carbonyl (C=O) groups is 1. The molecule has 0 aliphatic carbocycles. The number of hydrogen-bond acceptors (Lipinski definition) is 6. The molecule has 3 N–H and O–H groups in total. The summed E-state index contributed by atoms with van der Waals surface area (Å²) in [5, 5.41) is 3.28. The van der Waals surface area contributed by atoms with Gasteiger partial charge in [0.05, 0.1) is 23.0 Å². The maximum absolute atomic E-state index is 11.9. The molecule has 4 rings (SSSR count). The first kappa shape index (κ1) is 13.9. The topological polar surface area (TPSA) is 78.9 Å². The van der Waals surface area contributed by atoms with E-state index in [4.69, 9.17) is 0 Å². The molecule has 0 saturated carbocycles. The summed E-state index contributed by atoms with van der Waals surface area (Å²) in [5.74, 6) is 0.835. The molecular weight excluding hydrogens is 298 g/mol. The normalized spacial score (nSPS) is 31.6. The first-order chi connectivity index (χ1) is 10.7. The predicted octanol–water partition coefficient (Wildman–Crippen LogP) is 0.973. The second-order valence-corrected chi connectivity index (χ2v) is 6.87. The van der Waals surface area contributed by atoms with Crippen LogP contribution in [0.4, 0.5) is 0 Å². The Bertz CT molecular complexity index is 724. The average molecular weight is 315 g/mol. The number of fused-ring (bicyclic) bond motifs is 2. The lowest BCUT2D eigenvalue weighted by atomic mass is 9.91. The highest BCUT2D eigenvalue weighted by molar-refractivity contribution is 8.00. The molecular formula is C15H17N5OS. The van der Waals surface area contributed by atoms with E-state index in [9.17, 15) is 4.79 Å². The van der Waals surface area contributed by atoms with Gasteiger partial charge in [0.2, 0.25) is 5.91 Å². The zero-order valence-electron chi connectivity index (χ0n) is 12.1. The van der Waals surface area contributed by atoms with Gasteiger partial charge in [-0.1, -0.05) is 6.07 Å². The Labute approximate surface area is 132 Å². The molecule has 7 heteroatoms. The van der Waals surface area contributed by atoms with Crippen LogP contribution in [0.3, 0.4) is 0 Å². The molecule has 3 heterocycles. The summed E-state index contributed by atoms with van der Waals surface area (Å²) in [4.78, 5) is 20.6. The van der Waals surface area contributed by atoms with Gasteiger partial charge in [0, 0.05) is 29.6 Å². The van der Waals surface area contributed by atoms with E-state index in [0.29, 0.717) is 5.75 Å². The molecule has 0 radical (unpaired) electrons. The van der Waals surface area contributed by atoms with E-state index < -0.39 is 0 Å². The molecule has 4 atom stereocenters. The number of nitrogens with zero attached hydrogens (tertiary/aromatic N) is 2. The highest BCUT2D eigenvalue weighted by Crippen LogP contribution is 2.42. The van der Waals surface area contributed by atoms with Crippen molar-refractivity contribution in [1.82, 2.24) is 26.1 Å². The third kappa shape index (κ3) is 2.35. The van der Waals surface area contributed by atoms with E-state index in [1.807, 2.05) is 6.07 Å². The van der Waals surface area contributed by atoms with Crippen molar-refractivity contribution in [1.29, 1.82) is 0 Å². The SMILES string of the molecule is CC1NNC2NC(=O)CSC(c3ccc4nccnc4c3)C12. The minimum Gasteiger partial charge on any atom is -0.338 e. The van der Waals surface area contributed by atoms with Crippen molar-refractivity contribution in [3.63, 3.8) is 0 Å². The Morgan fingerprint density at radius 3 is 2.86 bits per heavy atom. The van der Waals surface area contributed by atoms with Gasteiger partial charge in [-0.2, -0.15) is 0 Å². The van der Waals surface area contributed by atoms with Crippen LogP contribution in [0.1, 0.15) is 17.7 Å². The lowest BCUT2D eigenvalue weighted by molar-refractivity contribution is -0.119. The Balaban J connectivity index is 1.75. The molecule has 2 saturated heterocycles. The molecule has 2 aromatic rings. The highest BCUT2D eigenvalue weighted by atomic mass is 32.2. The van der Waals surface area contributed by atoms with Crippen LogP contribution in [0.15, 0.2) is 30.6 Å². The molecule has 2 aliphatic heterocycles. The second kappa shape index (κ2) is 5.49. The molecule has 1 amide bonds. The standard InChI is InChI=1S/C15H17N5OS/c1-8-13-14(22-7-12(21)18-15(13)20-19-8)9-2-3-10-11(6-9)17-5-4-16-10/h2-6,8,13-15,19-20H,7H2,1H3,(H,18,21). The van der Waals surface area contributed by atoms with Crippen molar-refractivity contribution < 1.29 is 4.79 Å². The number of nitrogens with one attached hydrogen (secondary N) is 3. The molecule has 2 fully saturated rings. The third-order valence-electron chi connectivity index (χ3n) is 4.31. The largest absolute Gasteiger partial charge is 0.338 e. The van der Waals surface area contributed by atoms with Crippen molar-refractivity contribution in [3.05, 3.63) is 36.2 Å². The van der Waals surface area contributed by atoms with Gasteiger partial charge in [-0.15, -0.1) is 11.8 Å². The molecule has 0 spiro atoms. The lowest BCUT2D eigenvalue weighted by Crippen LogP contribution is -2.46. The third-order valence-corrected chi connectivity index (χ3v) is 5.69. The van der Waals surface area contributed by atoms with E-state index in [0.717, 1.165) is 11.0 Å². The number of benzene rings is 1. The average Bonchev–Trinajstić information content (AvgIpc) is 2.79. The van der Waals surface area contributed by atoms with Gasteiger partial charge in [-0.3, -0.25) is 20.2 Å². The molecule has 2 aliphatic rings. The monoisotopic (exact) mass is 315 g/mol. The number of thioether (sulfide) groups is 1. The second-order valence-electron chi connectivity index (χ2n) is 5.74. The van der Waals surface area contributed by atoms with Gasteiger partial charge in [0.15, 0.2) is 0 Å². The number of amides is 1. The van der Waals surface area contributed by atoms with Gasteiger partial charge in [0.1, 0.15) is 0 Å². The van der Waals surface area contributed by atoms with Crippen LogP contribution in [0.2, 0.25) is 0 Å². The van der Waals surface area contributed by atoms with Crippen molar-refractivity contribution in [3.8, 4) is 0 Å². The fourth-order valence-electron chi connectivity index (χ4n) is 3.24. The van der Waals surface area contributed by atoms with Gasteiger partial charge in [-0.25, -0.2) is 5.43 Å². The van der Waals surface area contributed by atoms with E-state index in [1.165, 1.54) is 5.56 Å². The van der Waals surface area contributed by atoms with Crippen molar-refractivity contribution in [2.24, 2.45) is 5.92 Å². The summed E-state index contributed by atoms with van der Waals surface area (Å²) >= 11 is 1.69. The summed E-state index contributed by atoms with van der Waals surface area (Å²) in [6, 6.07) is 6.48. The maximum Gasteiger partial charge on any atom is 0.231 e. The lowest BCUT2D eigenvalue weighted by Gasteiger charge is -2.27. The van der Waals surface area contributed by atoms with Gasteiger partial charge in [-0.05, 0) is 24.6 Å². The number of aromatic nitrogens is 2. The Hall–Kier alpha value is -1.70. The molecule has 0 bridgehead atoms. The van der Waals surface area contributed by atoms with Crippen LogP contribution >= 0.6 is 11.8 Å². The predicted molar refractivity (Wildman–Crippen MR) is 85.9 cm³/mol. The highest BCUT2D eigenvalue weighted by Gasteiger charge is 2.42. The van der Waals surface area contributed by atoms with Crippen molar-refractivity contribution >= 4 is 28.7 Å². The van der Waals surface area contributed by atoms with E-state index in [2.05, 4.69) is 45.2 Å².